The molecule has 0 bridgehead atoms. The molecule has 0 amide bonds. The SMILES string of the molecule is CN=C(NCc1ccc(S(=O)(=O)N(C)C)s1)NCC1(CCOC)CCCC1.I. The standard InChI is InChI=1S/C18H32N4O3S2.HI/c1-19-17(21-14-18(11-12-25-4)9-5-6-10-18)20-13-15-7-8-16(26-15)27(23,24)22(2)3;/h7-8H,5-6,9-14H2,1-4H3,(H2,19,20,21);1H. The van der Waals surface area contributed by atoms with E-state index in [1.54, 1.807) is 34.3 Å². The summed E-state index contributed by atoms with van der Waals surface area (Å²) in [6.45, 7) is 2.20. The smallest absolute Gasteiger partial charge is 0.252 e. The number of hydrogen-bond acceptors (Lipinski definition) is 5. The van der Waals surface area contributed by atoms with Gasteiger partial charge in [0.25, 0.3) is 10.0 Å². The molecule has 1 fully saturated rings. The molecule has 28 heavy (non-hydrogen) atoms. The zero-order chi connectivity index (χ0) is 19.9. The Bertz CT molecular complexity index is 729. The Hall–Kier alpha value is -0.430. The van der Waals surface area contributed by atoms with Crippen LogP contribution < -0.4 is 10.6 Å². The maximum atomic E-state index is 12.2. The van der Waals surface area contributed by atoms with Crippen LogP contribution in [0.2, 0.25) is 0 Å². The van der Waals surface area contributed by atoms with E-state index in [-0.39, 0.29) is 29.4 Å². The number of halogens is 1. The molecule has 2 N–H and O–H groups in total. The van der Waals surface area contributed by atoms with E-state index in [1.165, 1.54) is 41.3 Å². The van der Waals surface area contributed by atoms with Gasteiger partial charge in [0.15, 0.2) is 5.96 Å². The molecule has 10 heteroatoms. The second kappa shape index (κ2) is 11.7. The van der Waals surface area contributed by atoms with Crippen molar-refractivity contribution in [3.05, 3.63) is 17.0 Å². The highest BCUT2D eigenvalue weighted by Crippen LogP contribution is 2.40. The first-order valence-corrected chi connectivity index (χ1v) is 11.5. The average Bonchev–Trinajstić information content (AvgIpc) is 3.30. The average molecular weight is 545 g/mol. The minimum absolute atomic E-state index is 0. The van der Waals surface area contributed by atoms with Gasteiger partial charge in [0, 0.05) is 46.3 Å². The predicted molar refractivity (Wildman–Crippen MR) is 126 cm³/mol. The lowest BCUT2D eigenvalue weighted by Gasteiger charge is -2.29. The van der Waals surface area contributed by atoms with E-state index in [9.17, 15) is 8.42 Å². The molecule has 0 atom stereocenters. The van der Waals surface area contributed by atoms with E-state index in [1.807, 2.05) is 6.07 Å². The highest BCUT2D eigenvalue weighted by Gasteiger charge is 2.33. The van der Waals surface area contributed by atoms with E-state index in [4.69, 9.17) is 4.74 Å². The van der Waals surface area contributed by atoms with Crippen LogP contribution in [0.15, 0.2) is 21.3 Å². The fraction of sp³-hybridized carbons (Fsp3) is 0.722. The Labute approximate surface area is 190 Å². The Balaban J connectivity index is 0.00000392. The van der Waals surface area contributed by atoms with Crippen LogP contribution in [-0.2, 0) is 21.3 Å². The number of thiophene rings is 1. The number of rotatable bonds is 9. The van der Waals surface area contributed by atoms with Gasteiger partial charge < -0.3 is 15.4 Å². The third-order valence-corrected chi connectivity index (χ3v) is 8.52. The Morgan fingerprint density at radius 2 is 1.96 bits per heavy atom. The summed E-state index contributed by atoms with van der Waals surface area (Å²) in [6.07, 6.45) is 6.05. The van der Waals surface area contributed by atoms with Crippen molar-refractivity contribution in [3.63, 3.8) is 0 Å². The zero-order valence-electron chi connectivity index (χ0n) is 17.2. The molecular weight excluding hydrogens is 511 g/mol. The van der Waals surface area contributed by atoms with Crippen LogP contribution in [0.4, 0.5) is 0 Å². The Morgan fingerprint density at radius 3 is 2.54 bits per heavy atom. The summed E-state index contributed by atoms with van der Waals surface area (Å²) in [5, 5.41) is 6.73. The van der Waals surface area contributed by atoms with Crippen molar-refractivity contribution in [1.29, 1.82) is 0 Å². The minimum Gasteiger partial charge on any atom is -0.385 e. The molecule has 1 saturated carbocycles. The molecule has 162 valence electrons. The van der Waals surface area contributed by atoms with E-state index in [0.29, 0.717) is 10.8 Å². The van der Waals surface area contributed by atoms with Gasteiger partial charge in [0.1, 0.15) is 4.21 Å². The fourth-order valence-corrected chi connectivity index (χ4v) is 5.86. The van der Waals surface area contributed by atoms with Crippen molar-refractivity contribution in [1.82, 2.24) is 14.9 Å². The van der Waals surface area contributed by atoms with E-state index >= 15 is 0 Å². The molecule has 0 spiro atoms. The molecule has 0 aliphatic heterocycles. The number of sulfonamides is 1. The Kier molecular flexibility index (Phi) is 10.7. The van der Waals surface area contributed by atoms with E-state index in [2.05, 4.69) is 15.6 Å². The molecule has 0 radical (unpaired) electrons. The van der Waals surface area contributed by atoms with E-state index < -0.39 is 10.0 Å². The number of hydrogen-bond donors (Lipinski definition) is 2. The molecule has 1 heterocycles. The summed E-state index contributed by atoms with van der Waals surface area (Å²) < 4.78 is 31.2. The lowest BCUT2D eigenvalue weighted by atomic mass is 9.83. The Morgan fingerprint density at radius 1 is 1.29 bits per heavy atom. The van der Waals surface area contributed by atoms with Gasteiger partial charge in [-0.05, 0) is 36.8 Å². The largest absolute Gasteiger partial charge is 0.385 e. The van der Waals surface area contributed by atoms with Gasteiger partial charge >= 0.3 is 0 Å². The molecule has 0 unspecified atom stereocenters. The molecular formula is C18H33IN4O3S2. The molecule has 0 saturated heterocycles. The number of nitrogens with one attached hydrogen (secondary N) is 2. The summed E-state index contributed by atoms with van der Waals surface area (Å²) in [7, 11) is 3.22. The first kappa shape index (κ1) is 25.6. The lowest BCUT2D eigenvalue weighted by Crippen LogP contribution is -2.43. The van der Waals surface area contributed by atoms with Gasteiger partial charge in [-0.3, -0.25) is 4.99 Å². The maximum Gasteiger partial charge on any atom is 0.252 e. The fourth-order valence-electron chi connectivity index (χ4n) is 3.39. The highest BCUT2D eigenvalue weighted by atomic mass is 127. The lowest BCUT2D eigenvalue weighted by molar-refractivity contribution is 0.138. The van der Waals surface area contributed by atoms with Crippen LogP contribution in [0.25, 0.3) is 0 Å². The van der Waals surface area contributed by atoms with Crippen LogP contribution in [0.1, 0.15) is 37.0 Å². The number of ether oxygens (including phenoxy) is 1. The molecule has 1 aliphatic rings. The quantitative estimate of drug-likeness (QED) is 0.284. The van der Waals surface area contributed by atoms with Crippen molar-refractivity contribution in [2.75, 3.05) is 41.4 Å². The summed E-state index contributed by atoms with van der Waals surface area (Å²) in [6, 6.07) is 3.50. The van der Waals surface area contributed by atoms with Crippen LogP contribution in [0.3, 0.4) is 0 Å². The normalized spacial score (nSPS) is 16.8. The summed E-state index contributed by atoms with van der Waals surface area (Å²) in [5.74, 6) is 0.740. The number of methoxy groups -OCH3 is 1. The van der Waals surface area contributed by atoms with Gasteiger partial charge in [-0.25, -0.2) is 12.7 Å². The number of aliphatic imine (C=N–C) groups is 1. The number of guanidine groups is 1. The molecule has 1 aliphatic carbocycles. The van der Waals surface area contributed by atoms with Crippen molar-refractivity contribution >= 4 is 51.3 Å². The second-order valence-electron chi connectivity index (χ2n) is 7.24. The van der Waals surface area contributed by atoms with Gasteiger partial charge in [-0.15, -0.1) is 35.3 Å². The third-order valence-electron chi connectivity index (χ3n) is 5.16. The van der Waals surface area contributed by atoms with Crippen molar-refractivity contribution in [2.24, 2.45) is 10.4 Å². The maximum absolute atomic E-state index is 12.2. The molecule has 1 aromatic rings. The molecule has 2 rings (SSSR count). The van der Waals surface area contributed by atoms with Gasteiger partial charge in [0.2, 0.25) is 0 Å². The molecule has 1 aromatic heterocycles. The van der Waals surface area contributed by atoms with Crippen LogP contribution >= 0.6 is 35.3 Å². The van der Waals surface area contributed by atoms with E-state index in [0.717, 1.165) is 30.4 Å². The van der Waals surface area contributed by atoms with Gasteiger partial charge in [0.05, 0.1) is 6.54 Å². The monoisotopic (exact) mass is 544 g/mol. The molecule has 0 aromatic carbocycles. The summed E-state index contributed by atoms with van der Waals surface area (Å²) in [5.41, 5.74) is 0.281. The summed E-state index contributed by atoms with van der Waals surface area (Å²) >= 11 is 1.28. The van der Waals surface area contributed by atoms with Crippen molar-refractivity contribution in [3.8, 4) is 0 Å². The van der Waals surface area contributed by atoms with Gasteiger partial charge in [-0.2, -0.15) is 0 Å². The van der Waals surface area contributed by atoms with Crippen molar-refractivity contribution < 1.29 is 13.2 Å². The van der Waals surface area contributed by atoms with Crippen LogP contribution in [-0.4, -0.2) is 60.1 Å². The third kappa shape index (κ3) is 6.82. The van der Waals surface area contributed by atoms with Crippen LogP contribution in [0, 0.1) is 5.41 Å². The highest BCUT2D eigenvalue weighted by molar-refractivity contribution is 14.0. The zero-order valence-corrected chi connectivity index (χ0v) is 21.1. The second-order valence-corrected chi connectivity index (χ2v) is 10.8. The number of nitrogens with zero attached hydrogens (tertiary/aromatic N) is 2. The topological polar surface area (TPSA) is 83.0 Å². The first-order valence-electron chi connectivity index (χ1n) is 9.28. The molecule has 7 nitrogen and oxygen atoms in total. The van der Waals surface area contributed by atoms with Gasteiger partial charge in [-0.1, -0.05) is 12.8 Å². The first-order chi connectivity index (χ1) is 12.8. The predicted octanol–water partition coefficient (Wildman–Crippen LogP) is 2.88. The van der Waals surface area contributed by atoms with Crippen LogP contribution in [0.5, 0.6) is 0 Å². The van der Waals surface area contributed by atoms with Crippen molar-refractivity contribution in [2.45, 2.75) is 42.9 Å². The summed E-state index contributed by atoms with van der Waals surface area (Å²) in [4.78, 5) is 5.25. The minimum atomic E-state index is -3.37.